The zero-order chi connectivity index (χ0) is 8.77. The molecule has 0 bridgehead atoms. The Kier molecular flexibility index (Phi) is 1.70. The fraction of sp³-hybridized carbons (Fsp3) is 0.250. The van der Waals surface area contributed by atoms with Crippen molar-refractivity contribution in [3.05, 3.63) is 29.8 Å². The first-order valence-electron chi connectivity index (χ1n) is 3.61. The number of hydrogen-bond acceptors (Lipinski definition) is 3. The Morgan fingerprint density at radius 1 is 1.33 bits per heavy atom. The predicted octanol–water partition coefficient (Wildman–Crippen LogP) is 1.44. The lowest BCUT2D eigenvalue weighted by Crippen LogP contribution is -1.99. The van der Waals surface area contributed by atoms with Crippen LogP contribution in [-0.2, 0) is 9.84 Å². The first-order chi connectivity index (χ1) is 5.61. The van der Waals surface area contributed by atoms with Gasteiger partial charge in [-0.1, -0.05) is 18.2 Å². The third-order valence-electron chi connectivity index (χ3n) is 1.99. The van der Waals surface area contributed by atoms with Crippen LogP contribution in [0.5, 0.6) is 0 Å². The van der Waals surface area contributed by atoms with E-state index in [2.05, 4.69) is 12.6 Å². The van der Waals surface area contributed by atoms with Crippen molar-refractivity contribution < 1.29 is 8.42 Å². The maximum absolute atomic E-state index is 11.4. The number of thiol groups is 1. The second-order valence-electron chi connectivity index (χ2n) is 2.84. The van der Waals surface area contributed by atoms with Crippen molar-refractivity contribution in [3.8, 4) is 0 Å². The van der Waals surface area contributed by atoms with Gasteiger partial charge >= 0.3 is 0 Å². The second kappa shape index (κ2) is 2.50. The van der Waals surface area contributed by atoms with Gasteiger partial charge in [-0.2, -0.15) is 12.6 Å². The average molecular weight is 200 g/mol. The van der Waals surface area contributed by atoms with E-state index in [0.717, 1.165) is 5.56 Å². The molecule has 64 valence electrons. The highest BCUT2D eigenvalue weighted by Gasteiger charge is 2.31. The summed E-state index contributed by atoms with van der Waals surface area (Å²) in [7, 11) is -3.03. The molecule has 0 aromatic heterocycles. The van der Waals surface area contributed by atoms with E-state index in [9.17, 15) is 8.42 Å². The average Bonchev–Trinajstić information content (AvgIpc) is 2.25. The molecular formula is C8H8O2S2. The summed E-state index contributed by atoms with van der Waals surface area (Å²) in [6.07, 6.45) is 0. The van der Waals surface area contributed by atoms with Crippen LogP contribution < -0.4 is 0 Å². The van der Waals surface area contributed by atoms with Gasteiger partial charge in [0.25, 0.3) is 0 Å². The summed E-state index contributed by atoms with van der Waals surface area (Å²) in [6, 6.07) is 7.03. The van der Waals surface area contributed by atoms with Crippen molar-refractivity contribution in [2.45, 2.75) is 10.1 Å². The summed E-state index contributed by atoms with van der Waals surface area (Å²) in [5, 5.41) is -0.147. The largest absolute Gasteiger partial charge is 0.224 e. The van der Waals surface area contributed by atoms with Crippen LogP contribution in [0.1, 0.15) is 10.8 Å². The number of fused-ring (bicyclic) bond motifs is 1. The van der Waals surface area contributed by atoms with Gasteiger partial charge < -0.3 is 0 Å². The van der Waals surface area contributed by atoms with Crippen LogP contribution in [0.4, 0.5) is 0 Å². The molecule has 0 aliphatic carbocycles. The maximum Gasteiger partial charge on any atom is 0.180 e. The molecule has 1 atom stereocenters. The molecule has 1 aliphatic rings. The topological polar surface area (TPSA) is 34.1 Å². The molecule has 0 radical (unpaired) electrons. The summed E-state index contributed by atoms with van der Waals surface area (Å²) in [4.78, 5) is 0.449. The number of rotatable bonds is 0. The van der Waals surface area contributed by atoms with Crippen LogP contribution in [0.25, 0.3) is 0 Å². The monoisotopic (exact) mass is 200 g/mol. The van der Waals surface area contributed by atoms with Crippen LogP contribution in [0.15, 0.2) is 29.2 Å². The zero-order valence-electron chi connectivity index (χ0n) is 6.27. The standard InChI is InChI=1S/C8H8O2S2/c9-12(10)5-7(11)6-3-1-2-4-8(6)12/h1-4,7,11H,5H2. The Morgan fingerprint density at radius 3 is 2.67 bits per heavy atom. The lowest BCUT2D eigenvalue weighted by atomic mass is 10.2. The van der Waals surface area contributed by atoms with E-state index in [1.807, 2.05) is 12.1 Å². The molecule has 0 fully saturated rings. The molecule has 2 rings (SSSR count). The van der Waals surface area contributed by atoms with E-state index in [1.165, 1.54) is 0 Å². The quantitative estimate of drug-likeness (QED) is 0.643. The minimum absolute atomic E-state index is 0.134. The van der Waals surface area contributed by atoms with Gasteiger partial charge in [0, 0.05) is 5.25 Å². The van der Waals surface area contributed by atoms with Crippen molar-refractivity contribution in [2.24, 2.45) is 0 Å². The smallest absolute Gasteiger partial charge is 0.180 e. The van der Waals surface area contributed by atoms with E-state index in [-0.39, 0.29) is 11.0 Å². The lowest BCUT2D eigenvalue weighted by molar-refractivity contribution is 0.600. The van der Waals surface area contributed by atoms with Crippen LogP contribution >= 0.6 is 12.6 Å². The van der Waals surface area contributed by atoms with Crippen molar-refractivity contribution >= 4 is 22.5 Å². The van der Waals surface area contributed by atoms with Gasteiger partial charge in [0.1, 0.15) is 0 Å². The molecule has 1 heterocycles. The Bertz CT molecular complexity index is 409. The van der Waals surface area contributed by atoms with Crippen molar-refractivity contribution in [2.75, 3.05) is 5.75 Å². The molecule has 0 N–H and O–H groups in total. The minimum Gasteiger partial charge on any atom is -0.224 e. The molecule has 0 saturated heterocycles. The Labute approximate surface area is 76.9 Å². The summed E-state index contributed by atoms with van der Waals surface area (Å²) in [5.41, 5.74) is 0.834. The third kappa shape index (κ3) is 1.06. The van der Waals surface area contributed by atoms with Gasteiger partial charge in [0.2, 0.25) is 0 Å². The van der Waals surface area contributed by atoms with Gasteiger partial charge in [-0.05, 0) is 11.6 Å². The highest BCUT2D eigenvalue weighted by Crippen LogP contribution is 2.36. The van der Waals surface area contributed by atoms with Gasteiger partial charge in [0.15, 0.2) is 9.84 Å². The Morgan fingerprint density at radius 2 is 2.00 bits per heavy atom. The van der Waals surface area contributed by atoms with Gasteiger partial charge in [-0.3, -0.25) is 0 Å². The normalized spacial score (nSPS) is 25.2. The van der Waals surface area contributed by atoms with Gasteiger partial charge in [-0.25, -0.2) is 8.42 Å². The molecule has 1 aromatic rings. The molecule has 12 heavy (non-hydrogen) atoms. The SMILES string of the molecule is O=S1(=O)CC(S)c2ccccc21. The highest BCUT2D eigenvalue weighted by atomic mass is 32.2. The van der Waals surface area contributed by atoms with Crippen LogP contribution in [0.3, 0.4) is 0 Å². The first kappa shape index (κ1) is 8.13. The highest BCUT2D eigenvalue weighted by molar-refractivity contribution is 7.93. The molecule has 4 heteroatoms. The number of benzene rings is 1. The van der Waals surface area contributed by atoms with E-state index in [4.69, 9.17) is 0 Å². The first-order valence-corrected chi connectivity index (χ1v) is 5.78. The molecule has 0 amide bonds. The van der Waals surface area contributed by atoms with Crippen molar-refractivity contribution in [1.29, 1.82) is 0 Å². The number of hydrogen-bond donors (Lipinski definition) is 1. The van der Waals surface area contributed by atoms with Crippen molar-refractivity contribution in [3.63, 3.8) is 0 Å². The predicted molar refractivity (Wildman–Crippen MR) is 50.2 cm³/mol. The molecule has 1 unspecified atom stereocenters. The summed E-state index contributed by atoms with van der Waals surface area (Å²) in [6.45, 7) is 0. The maximum atomic E-state index is 11.4. The van der Waals surface area contributed by atoms with Gasteiger partial charge in [0.05, 0.1) is 10.6 Å². The van der Waals surface area contributed by atoms with E-state index in [0.29, 0.717) is 4.90 Å². The molecular weight excluding hydrogens is 192 g/mol. The molecule has 1 aliphatic heterocycles. The molecule has 2 nitrogen and oxygen atoms in total. The number of sulfone groups is 1. The Balaban J connectivity index is 2.74. The van der Waals surface area contributed by atoms with E-state index >= 15 is 0 Å². The molecule has 0 spiro atoms. The zero-order valence-corrected chi connectivity index (χ0v) is 7.98. The summed E-state index contributed by atoms with van der Waals surface area (Å²) >= 11 is 4.21. The Hall–Kier alpha value is -0.480. The molecule has 1 aromatic carbocycles. The van der Waals surface area contributed by atoms with Crippen LogP contribution in [0.2, 0.25) is 0 Å². The van der Waals surface area contributed by atoms with E-state index < -0.39 is 9.84 Å². The lowest BCUT2D eigenvalue weighted by Gasteiger charge is -1.97. The fourth-order valence-corrected chi connectivity index (χ4v) is 3.96. The summed E-state index contributed by atoms with van der Waals surface area (Å²) < 4.78 is 22.8. The molecule has 0 saturated carbocycles. The van der Waals surface area contributed by atoms with Crippen LogP contribution in [0, 0.1) is 0 Å². The van der Waals surface area contributed by atoms with Gasteiger partial charge in [-0.15, -0.1) is 0 Å². The fourth-order valence-electron chi connectivity index (χ4n) is 1.43. The van der Waals surface area contributed by atoms with Crippen molar-refractivity contribution in [1.82, 2.24) is 0 Å². The minimum atomic E-state index is -3.03. The van der Waals surface area contributed by atoms with Crippen LogP contribution in [-0.4, -0.2) is 14.2 Å². The third-order valence-corrected chi connectivity index (χ3v) is 4.51. The summed E-state index contributed by atoms with van der Waals surface area (Å²) in [5.74, 6) is 0.134. The van der Waals surface area contributed by atoms with E-state index in [1.54, 1.807) is 12.1 Å². The second-order valence-corrected chi connectivity index (χ2v) is 5.46.